The molecule has 2 fully saturated rings. The maximum absolute atomic E-state index is 11.3. The Labute approximate surface area is 139 Å². The van der Waals surface area contributed by atoms with Crippen LogP contribution in [0.2, 0.25) is 0 Å². The van der Waals surface area contributed by atoms with Crippen molar-refractivity contribution in [1.82, 2.24) is 0 Å². The quantitative estimate of drug-likeness (QED) is 0.801. The summed E-state index contributed by atoms with van der Waals surface area (Å²) in [7, 11) is 0. The molecule has 23 heavy (non-hydrogen) atoms. The minimum atomic E-state index is -0.785. The van der Waals surface area contributed by atoms with Crippen molar-refractivity contribution in [2.45, 2.75) is 77.4 Å². The standard InChI is InChI=1S/C20H30O3/c1-14-7-8-15-17(2,3)9-6-10-19(15,5)20(14)12-11-18(4,23-20)13-16(21)22/h7-8,15H,1,6,9-13H2,2-5H3,(H,21,22). The molecule has 0 amide bonds. The molecule has 0 radical (unpaired) electrons. The summed E-state index contributed by atoms with van der Waals surface area (Å²) >= 11 is 0. The molecule has 0 bridgehead atoms. The molecule has 1 heterocycles. The molecular weight excluding hydrogens is 288 g/mol. The third-order valence-electron chi connectivity index (χ3n) is 6.93. The van der Waals surface area contributed by atoms with Crippen molar-refractivity contribution in [3.05, 3.63) is 24.3 Å². The van der Waals surface area contributed by atoms with Gasteiger partial charge in [-0.15, -0.1) is 0 Å². The van der Waals surface area contributed by atoms with E-state index in [4.69, 9.17) is 4.74 Å². The molecule has 0 aromatic carbocycles. The van der Waals surface area contributed by atoms with E-state index in [1.54, 1.807) is 0 Å². The maximum Gasteiger partial charge on any atom is 0.306 e. The van der Waals surface area contributed by atoms with Crippen LogP contribution >= 0.6 is 0 Å². The van der Waals surface area contributed by atoms with Gasteiger partial charge in [-0.05, 0) is 49.5 Å². The van der Waals surface area contributed by atoms with Gasteiger partial charge in [0.05, 0.1) is 17.6 Å². The molecule has 1 saturated carbocycles. The Balaban J connectivity index is 2.03. The third kappa shape index (κ3) is 2.31. The van der Waals surface area contributed by atoms with Crippen LogP contribution in [0.3, 0.4) is 0 Å². The SMILES string of the molecule is C=C1C=CC2C(C)(C)CCCC2(C)C12CCC(C)(CC(=O)O)O2. The normalized spacial score (nSPS) is 45.2. The summed E-state index contributed by atoms with van der Waals surface area (Å²) in [6.45, 7) is 13.3. The first-order valence-electron chi connectivity index (χ1n) is 8.84. The molecule has 4 unspecified atom stereocenters. The van der Waals surface area contributed by atoms with Crippen LogP contribution < -0.4 is 0 Å². The molecule has 0 aromatic rings. The van der Waals surface area contributed by atoms with Gasteiger partial charge in [-0.2, -0.15) is 0 Å². The summed E-state index contributed by atoms with van der Waals surface area (Å²) in [6, 6.07) is 0. The second-order valence-corrected chi connectivity index (χ2v) is 9.07. The van der Waals surface area contributed by atoms with Crippen LogP contribution in [0.1, 0.15) is 66.2 Å². The van der Waals surface area contributed by atoms with Gasteiger partial charge in [-0.1, -0.05) is 45.9 Å². The Morgan fingerprint density at radius 3 is 2.61 bits per heavy atom. The zero-order valence-electron chi connectivity index (χ0n) is 14.9. The van der Waals surface area contributed by atoms with E-state index < -0.39 is 17.2 Å². The summed E-state index contributed by atoms with van der Waals surface area (Å²) in [6.07, 6.45) is 9.75. The smallest absolute Gasteiger partial charge is 0.306 e. The summed E-state index contributed by atoms with van der Waals surface area (Å²) < 4.78 is 6.63. The lowest BCUT2D eigenvalue weighted by molar-refractivity contribution is -0.182. The fourth-order valence-corrected chi connectivity index (χ4v) is 5.76. The number of carboxylic acids is 1. The fourth-order valence-electron chi connectivity index (χ4n) is 5.76. The molecule has 3 nitrogen and oxygen atoms in total. The zero-order chi connectivity index (χ0) is 17.1. The number of rotatable bonds is 2. The fraction of sp³-hybridized carbons (Fsp3) is 0.750. The highest BCUT2D eigenvalue weighted by Crippen LogP contribution is 2.65. The van der Waals surface area contributed by atoms with E-state index in [0.717, 1.165) is 24.8 Å². The number of carboxylic acid groups (broad SMARTS) is 1. The van der Waals surface area contributed by atoms with Gasteiger partial charge in [0.1, 0.15) is 0 Å². The number of hydrogen-bond donors (Lipinski definition) is 1. The number of hydrogen-bond acceptors (Lipinski definition) is 2. The van der Waals surface area contributed by atoms with Crippen LogP contribution in [0, 0.1) is 16.7 Å². The lowest BCUT2D eigenvalue weighted by Gasteiger charge is -2.60. The van der Waals surface area contributed by atoms with Crippen molar-refractivity contribution in [3.63, 3.8) is 0 Å². The third-order valence-corrected chi connectivity index (χ3v) is 6.93. The van der Waals surface area contributed by atoms with Crippen LogP contribution in [0.5, 0.6) is 0 Å². The molecule has 2 aliphatic carbocycles. The Morgan fingerprint density at radius 1 is 1.26 bits per heavy atom. The summed E-state index contributed by atoms with van der Waals surface area (Å²) in [5.41, 5.74) is 0.273. The van der Waals surface area contributed by atoms with Gasteiger partial charge in [0.15, 0.2) is 0 Å². The Kier molecular flexibility index (Phi) is 3.61. The second kappa shape index (κ2) is 4.95. The molecule has 4 atom stereocenters. The molecule has 1 N–H and O–H groups in total. The predicted molar refractivity (Wildman–Crippen MR) is 91.2 cm³/mol. The molecule has 0 aromatic heterocycles. The van der Waals surface area contributed by atoms with E-state index in [2.05, 4.69) is 39.5 Å². The average Bonchev–Trinajstić information content (AvgIpc) is 2.74. The van der Waals surface area contributed by atoms with Gasteiger partial charge in [0.2, 0.25) is 0 Å². The Bertz CT molecular complexity index is 575. The molecule has 3 aliphatic rings. The monoisotopic (exact) mass is 318 g/mol. The van der Waals surface area contributed by atoms with Crippen molar-refractivity contribution in [3.8, 4) is 0 Å². The van der Waals surface area contributed by atoms with Crippen LogP contribution in [0.25, 0.3) is 0 Å². The minimum absolute atomic E-state index is 0.00313. The first kappa shape index (κ1) is 16.8. The molecule has 1 aliphatic heterocycles. The van der Waals surface area contributed by atoms with Crippen LogP contribution in [0.15, 0.2) is 24.3 Å². The van der Waals surface area contributed by atoms with Crippen molar-refractivity contribution >= 4 is 5.97 Å². The van der Waals surface area contributed by atoms with E-state index in [0.29, 0.717) is 5.92 Å². The predicted octanol–water partition coefficient (Wildman–Crippen LogP) is 4.73. The molecule has 3 heteroatoms. The Hall–Kier alpha value is -1.09. The summed E-state index contributed by atoms with van der Waals surface area (Å²) in [5, 5.41) is 9.26. The number of allylic oxidation sites excluding steroid dienone is 1. The van der Waals surface area contributed by atoms with Gasteiger partial charge in [-0.25, -0.2) is 0 Å². The second-order valence-electron chi connectivity index (χ2n) is 9.07. The number of ether oxygens (including phenoxy) is 1. The largest absolute Gasteiger partial charge is 0.481 e. The summed E-state index contributed by atoms with van der Waals surface area (Å²) in [5.74, 6) is -0.339. The number of aliphatic carboxylic acids is 1. The average molecular weight is 318 g/mol. The lowest BCUT2D eigenvalue weighted by Crippen LogP contribution is -2.59. The highest BCUT2D eigenvalue weighted by molar-refractivity contribution is 5.68. The van der Waals surface area contributed by atoms with Crippen molar-refractivity contribution in [2.75, 3.05) is 0 Å². The van der Waals surface area contributed by atoms with E-state index >= 15 is 0 Å². The van der Waals surface area contributed by atoms with E-state index in [1.165, 1.54) is 12.8 Å². The van der Waals surface area contributed by atoms with Crippen molar-refractivity contribution < 1.29 is 14.6 Å². The first-order chi connectivity index (χ1) is 10.5. The molecule has 128 valence electrons. The summed E-state index contributed by atoms with van der Waals surface area (Å²) in [4.78, 5) is 11.3. The number of carbonyl (C=O) groups is 1. The van der Waals surface area contributed by atoms with Gasteiger partial charge in [0, 0.05) is 5.41 Å². The van der Waals surface area contributed by atoms with Gasteiger partial charge in [0.25, 0.3) is 0 Å². The first-order valence-corrected chi connectivity index (χ1v) is 8.84. The highest BCUT2D eigenvalue weighted by Gasteiger charge is 2.64. The number of fused-ring (bicyclic) bond motifs is 2. The lowest BCUT2D eigenvalue weighted by atomic mass is 9.47. The molecule has 1 spiro atoms. The molecular formula is C20H30O3. The van der Waals surface area contributed by atoms with E-state index in [-0.39, 0.29) is 17.3 Å². The van der Waals surface area contributed by atoms with Gasteiger partial charge in [-0.3, -0.25) is 4.79 Å². The molecule has 3 rings (SSSR count). The van der Waals surface area contributed by atoms with Gasteiger partial charge >= 0.3 is 5.97 Å². The molecule has 1 saturated heterocycles. The van der Waals surface area contributed by atoms with Crippen LogP contribution in [-0.4, -0.2) is 22.3 Å². The topological polar surface area (TPSA) is 46.5 Å². The van der Waals surface area contributed by atoms with E-state index in [9.17, 15) is 9.90 Å². The minimum Gasteiger partial charge on any atom is -0.481 e. The maximum atomic E-state index is 11.3. The Morgan fingerprint density at radius 2 is 1.96 bits per heavy atom. The van der Waals surface area contributed by atoms with Crippen molar-refractivity contribution in [2.24, 2.45) is 16.7 Å². The van der Waals surface area contributed by atoms with E-state index in [1.807, 2.05) is 6.92 Å². The van der Waals surface area contributed by atoms with Crippen molar-refractivity contribution in [1.29, 1.82) is 0 Å². The van der Waals surface area contributed by atoms with Crippen LogP contribution in [-0.2, 0) is 9.53 Å². The van der Waals surface area contributed by atoms with Gasteiger partial charge < -0.3 is 9.84 Å². The zero-order valence-corrected chi connectivity index (χ0v) is 14.9. The highest BCUT2D eigenvalue weighted by atomic mass is 16.5. The van der Waals surface area contributed by atoms with Crippen LogP contribution in [0.4, 0.5) is 0 Å².